The van der Waals surface area contributed by atoms with Crippen molar-refractivity contribution in [2.24, 2.45) is 5.92 Å². The molecular weight excluding hydrogens is 259 g/mol. The molecule has 0 saturated heterocycles. The molecule has 3 nitrogen and oxygen atoms in total. The Morgan fingerprint density at radius 2 is 2.24 bits per heavy atom. The van der Waals surface area contributed by atoms with Gasteiger partial charge in [-0.2, -0.15) is 5.26 Å². The zero-order valence-corrected chi connectivity index (χ0v) is 10.8. The van der Waals surface area contributed by atoms with Crippen molar-refractivity contribution in [1.82, 2.24) is 5.32 Å². The Labute approximate surface area is 110 Å². The molecule has 0 fully saturated rings. The number of carbonyl (C=O) groups is 1. The van der Waals surface area contributed by atoms with E-state index >= 15 is 0 Å². The normalized spacial score (nSPS) is 11.6. The Morgan fingerprint density at radius 1 is 1.53 bits per heavy atom. The van der Waals surface area contributed by atoms with E-state index in [0.717, 1.165) is 5.56 Å². The molecule has 0 unspecified atom stereocenters. The molecule has 1 amide bonds. The number of hydrogen-bond acceptors (Lipinski definition) is 2. The summed E-state index contributed by atoms with van der Waals surface area (Å²) in [6.07, 6.45) is 0.521. The van der Waals surface area contributed by atoms with Crippen molar-refractivity contribution in [3.8, 4) is 6.07 Å². The zero-order chi connectivity index (χ0) is 12.8. The van der Waals surface area contributed by atoms with E-state index in [0.29, 0.717) is 16.5 Å². The minimum atomic E-state index is -0.234. The van der Waals surface area contributed by atoms with Gasteiger partial charge in [0.15, 0.2) is 0 Å². The second-order valence-corrected chi connectivity index (χ2v) is 4.56. The van der Waals surface area contributed by atoms with Crippen LogP contribution in [0.1, 0.15) is 12.5 Å². The highest BCUT2D eigenvalue weighted by molar-refractivity contribution is 6.35. The van der Waals surface area contributed by atoms with Gasteiger partial charge < -0.3 is 5.32 Å². The number of carbonyl (C=O) groups excluding carboxylic acids is 1. The van der Waals surface area contributed by atoms with Gasteiger partial charge in [0.05, 0.1) is 6.07 Å². The minimum Gasteiger partial charge on any atom is -0.343 e. The number of halogens is 2. The third-order valence-corrected chi connectivity index (χ3v) is 2.92. The quantitative estimate of drug-likeness (QED) is 0.856. The maximum atomic E-state index is 11.6. The van der Waals surface area contributed by atoms with Crippen LogP contribution in [0.15, 0.2) is 18.2 Å². The van der Waals surface area contributed by atoms with Crippen molar-refractivity contribution < 1.29 is 4.79 Å². The largest absolute Gasteiger partial charge is 0.343 e. The van der Waals surface area contributed by atoms with Crippen LogP contribution in [0, 0.1) is 17.2 Å². The summed E-state index contributed by atoms with van der Waals surface area (Å²) in [6, 6.07) is 7.05. The highest BCUT2D eigenvalue weighted by Crippen LogP contribution is 2.23. The van der Waals surface area contributed by atoms with Crippen molar-refractivity contribution in [3.05, 3.63) is 33.8 Å². The number of nitrogens with one attached hydrogen (secondary N) is 1. The van der Waals surface area contributed by atoms with Gasteiger partial charge in [-0.05, 0) is 24.1 Å². The first-order chi connectivity index (χ1) is 8.04. The van der Waals surface area contributed by atoms with E-state index < -0.39 is 0 Å². The van der Waals surface area contributed by atoms with Gasteiger partial charge in [0, 0.05) is 16.0 Å². The maximum absolute atomic E-state index is 11.6. The smallest absolute Gasteiger partial charge is 0.223 e. The number of nitriles is 1. The molecule has 1 rings (SSSR count). The topological polar surface area (TPSA) is 52.9 Å². The lowest BCUT2D eigenvalue weighted by Gasteiger charge is -2.11. The monoisotopic (exact) mass is 270 g/mol. The Hall–Kier alpha value is -1.24. The van der Waals surface area contributed by atoms with Crippen molar-refractivity contribution in [2.75, 3.05) is 6.54 Å². The van der Waals surface area contributed by atoms with Crippen LogP contribution < -0.4 is 5.32 Å². The molecule has 1 atom stereocenters. The van der Waals surface area contributed by atoms with Crippen LogP contribution in [-0.2, 0) is 11.2 Å². The molecule has 0 aromatic heterocycles. The molecule has 1 N–H and O–H groups in total. The Kier molecular flexibility index (Phi) is 5.27. The van der Waals surface area contributed by atoms with Crippen LogP contribution in [0.25, 0.3) is 0 Å². The molecule has 17 heavy (non-hydrogen) atoms. The fourth-order valence-corrected chi connectivity index (χ4v) is 1.90. The van der Waals surface area contributed by atoms with E-state index in [-0.39, 0.29) is 18.4 Å². The molecule has 0 aliphatic heterocycles. The molecule has 0 bridgehead atoms. The lowest BCUT2D eigenvalue weighted by molar-refractivity contribution is -0.124. The van der Waals surface area contributed by atoms with E-state index in [1.54, 1.807) is 25.1 Å². The second-order valence-electron chi connectivity index (χ2n) is 3.72. The van der Waals surface area contributed by atoms with Gasteiger partial charge in [-0.15, -0.1) is 0 Å². The average Bonchev–Trinajstić information content (AvgIpc) is 2.29. The number of amides is 1. The number of benzene rings is 1. The summed E-state index contributed by atoms with van der Waals surface area (Å²) in [5, 5.41) is 12.0. The lowest BCUT2D eigenvalue weighted by atomic mass is 10.0. The van der Waals surface area contributed by atoms with Crippen LogP contribution in [-0.4, -0.2) is 12.5 Å². The average molecular weight is 271 g/mol. The second kappa shape index (κ2) is 6.48. The van der Waals surface area contributed by atoms with Crippen LogP contribution in [0.4, 0.5) is 0 Å². The number of rotatable bonds is 4. The fourth-order valence-electron chi connectivity index (χ4n) is 1.41. The molecule has 1 aromatic carbocycles. The molecule has 0 aliphatic rings. The Bertz CT molecular complexity index is 454. The maximum Gasteiger partial charge on any atom is 0.223 e. The first-order valence-corrected chi connectivity index (χ1v) is 5.88. The van der Waals surface area contributed by atoms with Gasteiger partial charge in [0.2, 0.25) is 5.91 Å². The van der Waals surface area contributed by atoms with Gasteiger partial charge in [0.1, 0.15) is 6.54 Å². The molecule has 0 aliphatic carbocycles. The third kappa shape index (κ3) is 4.26. The number of nitrogens with zero attached hydrogens (tertiary/aromatic N) is 1. The molecule has 0 heterocycles. The molecule has 0 saturated carbocycles. The molecule has 0 radical (unpaired) electrons. The zero-order valence-electron chi connectivity index (χ0n) is 9.34. The van der Waals surface area contributed by atoms with Gasteiger partial charge in [-0.25, -0.2) is 0 Å². The highest BCUT2D eigenvalue weighted by atomic mass is 35.5. The summed E-state index contributed by atoms with van der Waals surface area (Å²) in [6.45, 7) is 1.81. The van der Waals surface area contributed by atoms with Crippen molar-refractivity contribution in [2.45, 2.75) is 13.3 Å². The van der Waals surface area contributed by atoms with Crippen LogP contribution >= 0.6 is 23.2 Å². The lowest BCUT2D eigenvalue weighted by Crippen LogP contribution is -2.30. The van der Waals surface area contributed by atoms with Gasteiger partial charge >= 0.3 is 0 Å². The van der Waals surface area contributed by atoms with Gasteiger partial charge in [-0.3, -0.25) is 4.79 Å². The van der Waals surface area contributed by atoms with Crippen molar-refractivity contribution >= 4 is 29.1 Å². The fraction of sp³-hybridized carbons (Fsp3) is 0.333. The summed E-state index contributed by atoms with van der Waals surface area (Å²) in [5.41, 5.74) is 0.871. The molecule has 90 valence electrons. The summed E-state index contributed by atoms with van der Waals surface area (Å²) < 4.78 is 0. The SMILES string of the molecule is C[C@@H](Cc1ccc(Cl)cc1Cl)C(=O)NCC#N. The van der Waals surface area contributed by atoms with E-state index in [2.05, 4.69) is 5.32 Å². The Balaban J connectivity index is 2.65. The molecule has 0 spiro atoms. The Morgan fingerprint density at radius 3 is 2.82 bits per heavy atom. The summed E-state index contributed by atoms with van der Waals surface area (Å²) in [7, 11) is 0. The van der Waals surface area contributed by atoms with Gasteiger partial charge in [0.25, 0.3) is 0 Å². The molecule has 1 aromatic rings. The van der Waals surface area contributed by atoms with Crippen molar-refractivity contribution in [3.63, 3.8) is 0 Å². The van der Waals surface area contributed by atoms with Crippen LogP contribution in [0.2, 0.25) is 10.0 Å². The predicted molar refractivity (Wildman–Crippen MR) is 68.0 cm³/mol. The minimum absolute atomic E-state index is 0.0253. The first-order valence-electron chi connectivity index (χ1n) is 5.13. The van der Waals surface area contributed by atoms with E-state index in [4.69, 9.17) is 28.5 Å². The van der Waals surface area contributed by atoms with Crippen LogP contribution in [0.3, 0.4) is 0 Å². The van der Waals surface area contributed by atoms with Crippen LogP contribution in [0.5, 0.6) is 0 Å². The highest BCUT2D eigenvalue weighted by Gasteiger charge is 2.14. The molecule has 5 heteroatoms. The van der Waals surface area contributed by atoms with E-state index in [1.165, 1.54) is 0 Å². The first kappa shape index (κ1) is 13.8. The van der Waals surface area contributed by atoms with E-state index in [9.17, 15) is 4.79 Å². The summed E-state index contributed by atoms with van der Waals surface area (Å²) in [4.78, 5) is 11.6. The molecular formula is C12H12Cl2N2O. The van der Waals surface area contributed by atoms with E-state index in [1.807, 2.05) is 6.07 Å². The predicted octanol–water partition coefficient (Wildman–Crippen LogP) is 2.81. The third-order valence-electron chi connectivity index (χ3n) is 2.33. The summed E-state index contributed by atoms with van der Waals surface area (Å²) in [5.74, 6) is -0.389. The van der Waals surface area contributed by atoms with Gasteiger partial charge in [-0.1, -0.05) is 36.2 Å². The van der Waals surface area contributed by atoms with Crippen molar-refractivity contribution in [1.29, 1.82) is 5.26 Å². The summed E-state index contributed by atoms with van der Waals surface area (Å²) >= 11 is 11.8. The number of hydrogen-bond donors (Lipinski definition) is 1. The standard InChI is InChI=1S/C12H12Cl2N2O/c1-8(12(17)16-5-4-15)6-9-2-3-10(13)7-11(9)14/h2-3,7-8H,5-6H2,1H3,(H,16,17)/t8-/m0/s1.